The highest BCUT2D eigenvalue weighted by Crippen LogP contribution is 2.33. The molecule has 0 saturated carbocycles. The molecule has 9 heteroatoms. The topological polar surface area (TPSA) is 86.7 Å². The number of aliphatic hydroxyl groups is 1. The number of amides is 1. The van der Waals surface area contributed by atoms with Gasteiger partial charge in [0.15, 0.2) is 12.0 Å². The maximum atomic E-state index is 12.9. The number of hydrogen-bond acceptors (Lipinski definition) is 8. The van der Waals surface area contributed by atoms with Crippen molar-refractivity contribution in [3.05, 3.63) is 34.2 Å². The summed E-state index contributed by atoms with van der Waals surface area (Å²) in [5.74, 6) is 0.0118. The Balaban J connectivity index is 2.03. The average Bonchev–Trinajstić information content (AvgIpc) is 3.26. The van der Waals surface area contributed by atoms with E-state index in [-0.39, 0.29) is 37.3 Å². The Morgan fingerprint density at radius 2 is 2.14 bits per heavy atom. The molecule has 1 aromatic heterocycles. The second-order valence-corrected chi connectivity index (χ2v) is 7.05. The summed E-state index contributed by atoms with van der Waals surface area (Å²) in [7, 11) is 4.72. The highest BCUT2D eigenvalue weighted by molar-refractivity contribution is 7.08. The van der Waals surface area contributed by atoms with Crippen molar-refractivity contribution in [1.82, 2.24) is 4.90 Å². The minimum Gasteiger partial charge on any atom is -0.459 e. The van der Waals surface area contributed by atoms with Gasteiger partial charge in [-0.25, -0.2) is 0 Å². The third kappa shape index (κ3) is 6.84. The Morgan fingerprint density at radius 1 is 1.36 bits per heavy atom. The van der Waals surface area contributed by atoms with Crippen LogP contribution < -0.4 is 0 Å². The number of methoxy groups -OCH3 is 2. The van der Waals surface area contributed by atoms with Crippen molar-refractivity contribution >= 4 is 17.2 Å². The summed E-state index contributed by atoms with van der Waals surface area (Å²) in [6.45, 7) is 1.17. The lowest BCUT2D eigenvalue weighted by Gasteiger charge is -2.31. The van der Waals surface area contributed by atoms with Gasteiger partial charge in [-0.1, -0.05) is 0 Å². The van der Waals surface area contributed by atoms with Gasteiger partial charge in [-0.2, -0.15) is 11.3 Å². The van der Waals surface area contributed by atoms with E-state index in [0.717, 1.165) is 5.56 Å². The standard InChI is InChI=1S/C19H29NO7S/c1-20(12-18(23-2)24-3)19(22)16-10-15(14-4-9-28-13-14)11-17(27-16)26-8-7-25-6-5-21/h4,9-10,13,15,17-18,21H,5-8,11-12H2,1-3H3/t15-,17+/m1/s1. The number of carbonyl (C=O) groups is 1. The van der Waals surface area contributed by atoms with E-state index in [4.69, 9.17) is 28.8 Å². The number of nitrogens with zero attached hydrogens (tertiary/aromatic N) is 1. The molecule has 28 heavy (non-hydrogen) atoms. The molecule has 0 bridgehead atoms. The highest BCUT2D eigenvalue weighted by Gasteiger charge is 2.30. The van der Waals surface area contributed by atoms with E-state index in [1.165, 1.54) is 19.1 Å². The molecular formula is C19H29NO7S. The summed E-state index contributed by atoms with van der Waals surface area (Å²) in [6, 6.07) is 2.04. The monoisotopic (exact) mass is 415 g/mol. The fourth-order valence-electron chi connectivity index (χ4n) is 2.77. The molecule has 0 unspecified atom stereocenters. The molecule has 1 aromatic rings. The van der Waals surface area contributed by atoms with Gasteiger partial charge in [-0.3, -0.25) is 4.79 Å². The van der Waals surface area contributed by atoms with Gasteiger partial charge in [-0.05, 0) is 28.5 Å². The van der Waals surface area contributed by atoms with E-state index in [1.807, 2.05) is 17.5 Å². The van der Waals surface area contributed by atoms with Gasteiger partial charge in [-0.15, -0.1) is 0 Å². The summed E-state index contributed by atoms with van der Waals surface area (Å²) in [6.07, 6.45) is 1.38. The second kappa shape index (κ2) is 12.2. The molecule has 0 radical (unpaired) electrons. The molecule has 2 heterocycles. The molecule has 0 saturated heterocycles. The molecule has 1 aliphatic heterocycles. The molecular weight excluding hydrogens is 386 g/mol. The zero-order valence-corrected chi connectivity index (χ0v) is 17.4. The van der Waals surface area contributed by atoms with Crippen LogP contribution >= 0.6 is 11.3 Å². The van der Waals surface area contributed by atoms with Crippen LogP contribution in [0.25, 0.3) is 0 Å². The van der Waals surface area contributed by atoms with Crippen LogP contribution in [0.3, 0.4) is 0 Å². The number of likely N-dealkylation sites (N-methyl/N-ethyl adjacent to an activating group) is 1. The quantitative estimate of drug-likeness (QED) is 0.410. The lowest BCUT2D eigenvalue weighted by atomic mass is 9.95. The lowest BCUT2D eigenvalue weighted by Crippen LogP contribution is -2.39. The van der Waals surface area contributed by atoms with Crippen molar-refractivity contribution in [2.45, 2.75) is 24.9 Å². The van der Waals surface area contributed by atoms with Crippen LogP contribution in [0.4, 0.5) is 0 Å². The van der Waals surface area contributed by atoms with Crippen LogP contribution in [-0.2, 0) is 28.5 Å². The van der Waals surface area contributed by atoms with Crippen molar-refractivity contribution in [2.24, 2.45) is 0 Å². The molecule has 1 amide bonds. The first-order valence-electron chi connectivity index (χ1n) is 9.10. The number of aliphatic hydroxyl groups excluding tert-OH is 1. The van der Waals surface area contributed by atoms with Crippen LogP contribution in [0.1, 0.15) is 17.9 Å². The molecule has 158 valence electrons. The van der Waals surface area contributed by atoms with Crippen molar-refractivity contribution < 1.29 is 33.6 Å². The van der Waals surface area contributed by atoms with Crippen LogP contribution in [0, 0.1) is 0 Å². The van der Waals surface area contributed by atoms with Crippen molar-refractivity contribution in [3.63, 3.8) is 0 Å². The lowest BCUT2D eigenvalue weighted by molar-refractivity contribution is -0.161. The normalized spacial score (nSPS) is 19.4. The van der Waals surface area contributed by atoms with E-state index >= 15 is 0 Å². The third-order valence-electron chi connectivity index (χ3n) is 4.30. The minimum absolute atomic E-state index is 0.0244. The smallest absolute Gasteiger partial charge is 0.288 e. The van der Waals surface area contributed by atoms with Gasteiger partial charge in [0, 0.05) is 33.6 Å². The summed E-state index contributed by atoms with van der Waals surface area (Å²) >= 11 is 1.61. The summed E-state index contributed by atoms with van der Waals surface area (Å²) < 4.78 is 27.1. The van der Waals surface area contributed by atoms with Gasteiger partial charge in [0.1, 0.15) is 0 Å². The summed E-state index contributed by atoms with van der Waals surface area (Å²) in [5.41, 5.74) is 1.12. The van der Waals surface area contributed by atoms with E-state index < -0.39 is 12.6 Å². The zero-order chi connectivity index (χ0) is 20.4. The zero-order valence-electron chi connectivity index (χ0n) is 16.5. The van der Waals surface area contributed by atoms with Crippen molar-refractivity contribution in [2.75, 3.05) is 54.2 Å². The van der Waals surface area contributed by atoms with Crippen LogP contribution in [-0.4, -0.2) is 82.7 Å². The third-order valence-corrected chi connectivity index (χ3v) is 5.00. The number of thiophene rings is 1. The van der Waals surface area contributed by atoms with Crippen LogP contribution in [0.15, 0.2) is 28.7 Å². The number of ether oxygens (including phenoxy) is 5. The molecule has 0 aromatic carbocycles. The Kier molecular flexibility index (Phi) is 9.89. The molecule has 2 rings (SSSR count). The molecule has 8 nitrogen and oxygen atoms in total. The van der Waals surface area contributed by atoms with Gasteiger partial charge in [0.25, 0.3) is 5.91 Å². The van der Waals surface area contributed by atoms with Crippen molar-refractivity contribution in [3.8, 4) is 0 Å². The predicted octanol–water partition coefficient (Wildman–Crippen LogP) is 1.56. The van der Waals surface area contributed by atoms with Crippen LogP contribution in [0.5, 0.6) is 0 Å². The summed E-state index contributed by atoms with van der Waals surface area (Å²) in [4.78, 5) is 14.4. The summed E-state index contributed by atoms with van der Waals surface area (Å²) in [5, 5.41) is 12.8. The Bertz CT molecular complexity index is 603. The predicted molar refractivity (Wildman–Crippen MR) is 104 cm³/mol. The number of allylic oxidation sites excluding steroid dienone is 1. The Morgan fingerprint density at radius 3 is 2.79 bits per heavy atom. The number of carbonyl (C=O) groups excluding carboxylic acids is 1. The molecule has 1 aliphatic rings. The molecule has 0 aliphatic carbocycles. The number of hydrogen-bond donors (Lipinski definition) is 1. The highest BCUT2D eigenvalue weighted by atomic mass is 32.1. The van der Waals surface area contributed by atoms with Gasteiger partial charge in [0.2, 0.25) is 6.29 Å². The van der Waals surface area contributed by atoms with E-state index in [2.05, 4.69) is 5.38 Å². The molecule has 2 atom stereocenters. The van der Waals surface area contributed by atoms with Crippen molar-refractivity contribution in [1.29, 1.82) is 0 Å². The molecule has 0 fully saturated rings. The van der Waals surface area contributed by atoms with E-state index in [9.17, 15) is 4.79 Å². The van der Waals surface area contributed by atoms with Gasteiger partial charge in [0.05, 0.1) is 33.0 Å². The SMILES string of the molecule is COC(CN(C)C(=O)C1=C[C@@H](c2ccsc2)C[C@@H](OCCOCCO)O1)OC. The van der Waals surface area contributed by atoms with E-state index in [1.54, 1.807) is 18.4 Å². The van der Waals surface area contributed by atoms with Gasteiger partial charge >= 0.3 is 0 Å². The number of rotatable bonds is 12. The molecule has 1 N–H and O–H groups in total. The Labute approximate surface area is 169 Å². The first kappa shape index (κ1) is 22.8. The van der Waals surface area contributed by atoms with Crippen LogP contribution in [0.2, 0.25) is 0 Å². The first-order valence-corrected chi connectivity index (χ1v) is 10.0. The maximum absolute atomic E-state index is 12.9. The largest absolute Gasteiger partial charge is 0.459 e. The fourth-order valence-corrected chi connectivity index (χ4v) is 3.50. The van der Waals surface area contributed by atoms with E-state index in [0.29, 0.717) is 19.6 Å². The first-order chi connectivity index (χ1) is 13.6. The minimum atomic E-state index is -0.555. The maximum Gasteiger partial charge on any atom is 0.288 e. The average molecular weight is 416 g/mol. The fraction of sp³-hybridized carbons (Fsp3) is 0.632. The second-order valence-electron chi connectivity index (χ2n) is 6.27. The van der Waals surface area contributed by atoms with Gasteiger partial charge < -0.3 is 33.7 Å². The Hall–Kier alpha value is -1.49. The molecule has 0 spiro atoms.